The number of hydrogen-bond donors (Lipinski definition) is 0. The third-order valence-corrected chi connectivity index (χ3v) is 1.50. The zero-order valence-electron chi connectivity index (χ0n) is 6.50. The molecule has 0 aromatic rings. The second kappa shape index (κ2) is 3.81. The minimum Gasteiger partial charge on any atom is -0.166 e. The van der Waals surface area contributed by atoms with Crippen LogP contribution in [0.15, 0.2) is 35.4 Å². The summed E-state index contributed by atoms with van der Waals surface area (Å²) >= 11 is 5.42. The van der Waals surface area contributed by atoms with Gasteiger partial charge < -0.3 is 0 Å². The van der Waals surface area contributed by atoms with E-state index in [1.807, 2.05) is 0 Å². The molecule has 0 aliphatic rings. The molecule has 68 valence electrons. The average molecular weight is 197 g/mol. The van der Waals surface area contributed by atoms with E-state index in [1.54, 1.807) is 0 Å². The highest BCUT2D eigenvalue weighted by Gasteiger charge is 2.30. The van der Waals surface area contributed by atoms with Crippen LogP contribution >= 0.6 is 11.6 Å². The van der Waals surface area contributed by atoms with Gasteiger partial charge in [-0.05, 0) is 18.6 Å². The molecule has 0 nitrogen and oxygen atoms in total. The summed E-state index contributed by atoms with van der Waals surface area (Å²) in [4.78, 5) is 0. The minimum absolute atomic E-state index is 0.0303. The van der Waals surface area contributed by atoms with Crippen LogP contribution in [0, 0.1) is 0 Å². The molecule has 0 amide bonds. The van der Waals surface area contributed by atoms with Crippen LogP contribution in [-0.2, 0) is 0 Å². The summed E-state index contributed by atoms with van der Waals surface area (Å²) in [6.45, 7) is 7.72. The van der Waals surface area contributed by atoms with E-state index < -0.39 is 11.7 Å². The average Bonchev–Trinajstić information content (AvgIpc) is 1.85. The number of allylic oxidation sites excluding steroid dienone is 4. The summed E-state index contributed by atoms with van der Waals surface area (Å²) in [5, 5.41) is -0.0303. The SMILES string of the molecule is C=C(C)/C(Cl)=C\C(=C)C(F)(F)F. The Morgan fingerprint density at radius 2 is 1.75 bits per heavy atom. The van der Waals surface area contributed by atoms with E-state index in [1.165, 1.54) is 6.92 Å². The smallest absolute Gasteiger partial charge is 0.166 e. The van der Waals surface area contributed by atoms with Gasteiger partial charge in [-0.25, -0.2) is 0 Å². The topological polar surface area (TPSA) is 0 Å². The van der Waals surface area contributed by atoms with Crippen LogP contribution in [0.2, 0.25) is 0 Å². The van der Waals surface area contributed by atoms with E-state index in [0.717, 1.165) is 6.08 Å². The van der Waals surface area contributed by atoms with Crippen molar-refractivity contribution in [2.75, 3.05) is 0 Å². The van der Waals surface area contributed by atoms with Gasteiger partial charge in [-0.3, -0.25) is 0 Å². The predicted molar refractivity (Wildman–Crippen MR) is 43.9 cm³/mol. The Balaban J connectivity index is 4.57. The molecule has 0 heterocycles. The zero-order valence-corrected chi connectivity index (χ0v) is 7.26. The molecule has 0 saturated heterocycles. The number of rotatable bonds is 2. The predicted octanol–water partition coefficient (Wildman–Crippen LogP) is 3.80. The molecular weight excluding hydrogens is 189 g/mol. The van der Waals surface area contributed by atoms with Crippen molar-refractivity contribution in [2.45, 2.75) is 13.1 Å². The lowest BCUT2D eigenvalue weighted by molar-refractivity contribution is -0.0878. The van der Waals surface area contributed by atoms with Crippen LogP contribution in [0.25, 0.3) is 0 Å². The second-order valence-electron chi connectivity index (χ2n) is 2.30. The van der Waals surface area contributed by atoms with E-state index >= 15 is 0 Å². The van der Waals surface area contributed by atoms with Crippen molar-refractivity contribution in [3.05, 3.63) is 35.4 Å². The fourth-order valence-corrected chi connectivity index (χ4v) is 0.490. The first-order valence-corrected chi connectivity index (χ1v) is 3.42. The first kappa shape index (κ1) is 11.3. The van der Waals surface area contributed by atoms with Crippen molar-refractivity contribution in [3.63, 3.8) is 0 Å². The first-order valence-electron chi connectivity index (χ1n) is 3.04. The highest BCUT2D eigenvalue weighted by molar-refractivity contribution is 6.32. The molecule has 0 aliphatic heterocycles. The quantitative estimate of drug-likeness (QED) is 0.590. The molecule has 0 N–H and O–H groups in total. The van der Waals surface area contributed by atoms with Gasteiger partial charge in [0.1, 0.15) is 0 Å². The third-order valence-electron chi connectivity index (χ3n) is 1.07. The highest BCUT2D eigenvalue weighted by atomic mass is 35.5. The van der Waals surface area contributed by atoms with Crippen LogP contribution in [-0.4, -0.2) is 6.18 Å². The Labute approximate surface area is 74.0 Å². The third kappa shape index (κ3) is 3.62. The molecule has 0 spiro atoms. The molecule has 12 heavy (non-hydrogen) atoms. The molecule has 0 radical (unpaired) electrons. The molecule has 0 unspecified atom stereocenters. The van der Waals surface area contributed by atoms with Crippen LogP contribution in [0.1, 0.15) is 6.92 Å². The van der Waals surface area contributed by atoms with Gasteiger partial charge in [0.25, 0.3) is 0 Å². The van der Waals surface area contributed by atoms with Crippen molar-refractivity contribution in [2.24, 2.45) is 0 Å². The Bertz CT molecular complexity index is 235. The largest absolute Gasteiger partial charge is 0.415 e. The van der Waals surface area contributed by atoms with Gasteiger partial charge >= 0.3 is 6.18 Å². The summed E-state index contributed by atoms with van der Waals surface area (Å²) in [7, 11) is 0. The maximum atomic E-state index is 11.8. The standard InChI is InChI=1S/C8H8ClF3/c1-5(2)7(9)4-6(3)8(10,11)12/h4H,1,3H2,2H3/b7-4+. The summed E-state index contributed by atoms with van der Waals surface area (Å²) in [6.07, 6.45) is -3.67. The Morgan fingerprint density at radius 3 is 2.00 bits per heavy atom. The fourth-order valence-electron chi connectivity index (χ4n) is 0.358. The lowest BCUT2D eigenvalue weighted by Crippen LogP contribution is -2.08. The normalized spacial score (nSPS) is 12.9. The fraction of sp³-hybridized carbons (Fsp3) is 0.250. The minimum atomic E-state index is -4.42. The van der Waals surface area contributed by atoms with E-state index in [0.29, 0.717) is 5.57 Å². The number of halogens is 4. The maximum absolute atomic E-state index is 11.8. The Morgan fingerprint density at radius 1 is 1.33 bits per heavy atom. The van der Waals surface area contributed by atoms with Gasteiger partial charge in [0, 0.05) is 10.6 Å². The summed E-state index contributed by atoms with van der Waals surface area (Å²) in [6, 6.07) is 0. The van der Waals surface area contributed by atoms with Gasteiger partial charge in [-0.1, -0.05) is 24.8 Å². The molecule has 0 atom stereocenters. The van der Waals surface area contributed by atoms with Crippen LogP contribution < -0.4 is 0 Å². The van der Waals surface area contributed by atoms with E-state index in [2.05, 4.69) is 13.2 Å². The molecule has 0 aromatic carbocycles. The Kier molecular flexibility index (Phi) is 3.58. The van der Waals surface area contributed by atoms with Gasteiger partial charge in [0.2, 0.25) is 0 Å². The monoisotopic (exact) mass is 196 g/mol. The molecule has 0 aliphatic carbocycles. The highest BCUT2D eigenvalue weighted by Crippen LogP contribution is 2.27. The summed E-state index contributed by atoms with van der Waals surface area (Å²) in [5.41, 5.74) is -0.599. The van der Waals surface area contributed by atoms with E-state index in [9.17, 15) is 13.2 Å². The number of hydrogen-bond acceptors (Lipinski definition) is 0. The van der Waals surface area contributed by atoms with E-state index in [-0.39, 0.29) is 5.03 Å². The molecule has 0 bridgehead atoms. The lowest BCUT2D eigenvalue weighted by atomic mass is 10.2. The zero-order chi connectivity index (χ0) is 9.94. The summed E-state index contributed by atoms with van der Waals surface area (Å²) < 4.78 is 35.5. The van der Waals surface area contributed by atoms with Crippen LogP contribution in [0.3, 0.4) is 0 Å². The van der Waals surface area contributed by atoms with Crippen LogP contribution in [0.4, 0.5) is 13.2 Å². The van der Waals surface area contributed by atoms with Gasteiger partial charge in [0.15, 0.2) is 0 Å². The van der Waals surface area contributed by atoms with Gasteiger partial charge in [-0.15, -0.1) is 0 Å². The lowest BCUT2D eigenvalue weighted by Gasteiger charge is -2.05. The van der Waals surface area contributed by atoms with Crippen LogP contribution in [0.5, 0.6) is 0 Å². The maximum Gasteiger partial charge on any atom is 0.415 e. The second-order valence-corrected chi connectivity index (χ2v) is 2.70. The summed E-state index contributed by atoms with van der Waals surface area (Å²) in [5.74, 6) is 0. The van der Waals surface area contributed by atoms with E-state index in [4.69, 9.17) is 11.6 Å². The molecule has 0 aromatic heterocycles. The van der Waals surface area contributed by atoms with Crippen molar-refractivity contribution in [3.8, 4) is 0 Å². The Hall–Kier alpha value is -0.700. The van der Waals surface area contributed by atoms with Crippen molar-refractivity contribution < 1.29 is 13.2 Å². The first-order chi connectivity index (χ1) is 5.25. The van der Waals surface area contributed by atoms with Crippen molar-refractivity contribution in [1.29, 1.82) is 0 Å². The molecule has 0 saturated carbocycles. The van der Waals surface area contributed by atoms with Crippen molar-refractivity contribution >= 4 is 11.6 Å². The molecule has 0 rings (SSSR count). The van der Waals surface area contributed by atoms with Gasteiger partial charge in [0.05, 0.1) is 0 Å². The van der Waals surface area contributed by atoms with Gasteiger partial charge in [-0.2, -0.15) is 13.2 Å². The molecule has 0 fully saturated rings. The molecular formula is C8H8ClF3. The number of alkyl halides is 3. The molecule has 4 heteroatoms. The van der Waals surface area contributed by atoms with Crippen molar-refractivity contribution in [1.82, 2.24) is 0 Å².